The molecule has 0 unspecified atom stereocenters. The highest BCUT2D eigenvalue weighted by Gasteiger charge is 2.32. The van der Waals surface area contributed by atoms with Gasteiger partial charge in [-0.1, -0.05) is 49.6 Å². The molecule has 1 saturated heterocycles. The topological polar surface area (TPSA) is 58.4 Å². The fraction of sp³-hybridized carbons (Fsp3) is 0.632. The van der Waals surface area contributed by atoms with E-state index in [0.717, 1.165) is 19.6 Å². The van der Waals surface area contributed by atoms with Crippen molar-refractivity contribution in [1.29, 1.82) is 0 Å². The molecule has 0 radical (unpaired) electrons. The second kappa shape index (κ2) is 7.93. The summed E-state index contributed by atoms with van der Waals surface area (Å²) in [6.45, 7) is 3.00. The predicted octanol–water partition coefficient (Wildman–Crippen LogP) is 2.11. The number of nitrogens with two attached hydrogens (primary N) is 1. The number of hydrogen-bond donors (Lipinski definition) is 2. The molecular weight excluding hydrogens is 286 g/mol. The smallest absolute Gasteiger partial charge is 0.234 e. The molecule has 0 aromatic heterocycles. The normalized spacial score (nSPS) is 26.3. The van der Waals surface area contributed by atoms with Crippen molar-refractivity contribution in [3.63, 3.8) is 0 Å². The summed E-state index contributed by atoms with van der Waals surface area (Å²) >= 11 is 0. The summed E-state index contributed by atoms with van der Waals surface area (Å²) in [7, 11) is 0. The van der Waals surface area contributed by atoms with Gasteiger partial charge in [-0.3, -0.25) is 9.69 Å². The van der Waals surface area contributed by atoms with Gasteiger partial charge in [0, 0.05) is 31.6 Å². The van der Waals surface area contributed by atoms with Crippen LogP contribution in [0.25, 0.3) is 0 Å². The van der Waals surface area contributed by atoms with Gasteiger partial charge in [-0.15, -0.1) is 0 Å². The van der Waals surface area contributed by atoms with Gasteiger partial charge in [0.25, 0.3) is 0 Å². The highest BCUT2D eigenvalue weighted by atomic mass is 16.2. The number of nitrogens with zero attached hydrogens (tertiary/aromatic N) is 1. The Morgan fingerprint density at radius 2 is 1.87 bits per heavy atom. The van der Waals surface area contributed by atoms with Gasteiger partial charge in [0.1, 0.15) is 0 Å². The zero-order valence-corrected chi connectivity index (χ0v) is 13.9. The van der Waals surface area contributed by atoms with Crippen molar-refractivity contribution in [2.24, 2.45) is 11.7 Å². The SMILES string of the molecule is N[C@@H]1CN(CC(=O)NCC2CCCCC2)C[C@H]1c1ccccc1. The largest absolute Gasteiger partial charge is 0.355 e. The van der Waals surface area contributed by atoms with Crippen LogP contribution in [0.3, 0.4) is 0 Å². The lowest BCUT2D eigenvalue weighted by Crippen LogP contribution is -2.39. The lowest BCUT2D eigenvalue weighted by atomic mass is 9.89. The van der Waals surface area contributed by atoms with Gasteiger partial charge in [0.15, 0.2) is 0 Å². The molecule has 1 aromatic carbocycles. The van der Waals surface area contributed by atoms with Gasteiger partial charge >= 0.3 is 0 Å². The summed E-state index contributed by atoms with van der Waals surface area (Å²) in [4.78, 5) is 14.4. The summed E-state index contributed by atoms with van der Waals surface area (Å²) in [5.74, 6) is 1.17. The van der Waals surface area contributed by atoms with Crippen LogP contribution in [0.4, 0.5) is 0 Å². The molecular formula is C19H29N3O. The molecule has 1 aliphatic heterocycles. The third-order valence-corrected chi connectivity index (χ3v) is 5.35. The molecule has 3 rings (SSSR count). The van der Waals surface area contributed by atoms with Crippen LogP contribution in [0.1, 0.15) is 43.6 Å². The maximum absolute atomic E-state index is 12.2. The van der Waals surface area contributed by atoms with Crippen LogP contribution in [0, 0.1) is 5.92 Å². The number of rotatable bonds is 5. The first-order chi connectivity index (χ1) is 11.2. The Hall–Kier alpha value is -1.39. The Morgan fingerprint density at radius 3 is 2.61 bits per heavy atom. The monoisotopic (exact) mass is 315 g/mol. The van der Waals surface area contributed by atoms with Crippen LogP contribution in [0.15, 0.2) is 30.3 Å². The zero-order chi connectivity index (χ0) is 16.1. The molecule has 126 valence electrons. The molecule has 1 aliphatic carbocycles. The van der Waals surface area contributed by atoms with Gasteiger partial charge in [0.2, 0.25) is 5.91 Å². The first-order valence-corrected chi connectivity index (χ1v) is 9.02. The molecule has 3 N–H and O–H groups in total. The third-order valence-electron chi connectivity index (χ3n) is 5.35. The fourth-order valence-electron chi connectivity index (χ4n) is 4.00. The number of carbonyl (C=O) groups excluding carboxylic acids is 1. The molecule has 2 aliphatic rings. The highest BCUT2D eigenvalue weighted by Crippen LogP contribution is 2.26. The quantitative estimate of drug-likeness (QED) is 0.875. The van der Waals surface area contributed by atoms with Gasteiger partial charge in [-0.2, -0.15) is 0 Å². The number of amides is 1. The molecule has 2 fully saturated rings. The van der Waals surface area contributed by atoms with Crippen molar-refractivity contribution >= 4 is 5.91 Å². The maximum atomic E-state index is 12.2. The van der Waals surface area contributed by atoms with Crippen molar-refractivity contribution in [3.8, 4) is 0 Å². The van der Waals surface area contributed by atoms with Crippen LogP contribution in [0.5, 0.6) is 0 Å². The predicted molar refractivity (Wildman–Crippen MR) is 93.2 cm³/mol. The molecule has 23 heavy (non-hydrogen) atoms. The van der Waals surface area contributed by atoms with Crippen molar-refractivity contribution < 1.29 is 4.79 Å². The van der Waals surface area contributed by atoms with Gasteiger partial charge in [0.05, 0.1) is 6.54 Å². The first kappa shape index (κ1) is 16.5. The summed E-state index contributed by atoms with van der Waals surface area (Å²) in [6, 6.07) is 10.5. The Labute approximate surface area is 139 Å². The zero-order valence-electron chi connectivity index (χ0n) is 13.9. The van der Waals surface area contributed by atoms with E-state index in [2.05, 4.69) is 34.5 Å². The Kier molecular flexibility index (Phi) is 5.68. The molecule has 0 spiro atoms. The van der Waals surface area contributed by atoms with Gasteiger partial charge < -0.3 is 11.1 Å². The van der Waals surface area contributed by atoms with Crippen LogP contribution >= 0.6 is 0 Å². The number of benzene rings is 1. The van der Waals surface area contributed by atoms with Crippen LogP contribution < -0.4 is 11.1 Å². The molecule has 1 saturated carbocycles. The molecule has 2 atom stereocenters. The van der Waals surface area contributed by atoms with E-state index in [1.807, 2.05) is 6.07 Å². The van der Waals surface area contributed by atoms with E-state index in [9.17, 15) is 4.79 Å². The van der Waals surface area contributed by atoms with Crippen LogP contribution in [0.2, 0.25) is 0 Å². The third kappa shape index (κ3) is 4.55. The van der Waals surface area contributed by atoms with E-state index in [1.165, 1.54) is 37.7 Å². The van der Waals surface area contributed by atoms with E-state index < -0.39 is 0 Å². The number of likely N-dealkylation sites (tertiary alicyclic amines) is 1. The summed E-state index contributed by atoms with van der Waals surface area (Å²) in [5, 5.41) is 3.13. The van der Waals surface area contributed by atoms with Crippen molar-refractivity contribution in [2.45, 2.75) is 44.1 Å². The van der Waals surface area contributed by atoms with Gasteiger partial charge in [-0.25, -0.2) is 0 Å². The highest BCUT2D eigenvalue weighted by molar-refractivity contribution is 5.78. The average molecular weight is 315 g/mol. The number of nitrogens with one attached hydrogen (secondary N) is 1. The second-order valence-corrected chi connectivity index (χ2v) is 7.18. The second-order valence-electron chi connectivity index (χ2n) is 7.18. The van der Waals surface area contributed by atoms with Crippen LogP contribution in [-0.2, 0) is 4.79 Å². The minimum absolute atomic E-state index is 0.114. The molecule has 0 bridgehead atoms. The molecule has 1 amide bonds. The number of carbonyl (C=O) groups is 1. The average Bonchev–Trinajstić information content (AvgIpc) is 2.95. The minimum atomic E-state index is 0.114. The van der Waals surface area contributed by atoms with E-state index in [4.69, 9.17) is 5.73 Å². The van der Waals surface area contributed by atoms with Crippen LogP contribution in [-0.4, -0.2) is 43.0 Å². The molecule has 4 heteroatoms. The van der Waals surface area contributed by atoms with E-state index in [0.29, 0.717) is 18.4 Å². The maximum Gasteiger partial charge on any atom is 0.234 e. The lowest BCUT2D eigenvalue weighted by molar-refractivity contribution is -0.122. The Morgan fingerprint density at radius 1 is 1.13 bits per heavy atom. The Bertz CT molecular complexity index is 499. The van der Waals surface area contributed by atoms with E-state index >= 15 is 0 Å². The Balaban J connectivity index is 1.44. The summed E-state index contributed by atoms with van der Waals surface area (Å²) in [6.07, 6.45) is 6.54. The molecule has 4 nitrogen and oxygen atoms in total. The van der Waals surface area contributed by atoms with Crippen molar-refractivity contribution in [1.82, 2.24) is 10.2 Å². The molecule has 1 heterocycles. The fourth-order valence-corrected chi connectivity index (χ4v) is 4.00. The van der Waals surface area contributed by atoms with Crippen molar-refractivity contribution in [3.05, 3.63) is 35.9 Å². The van der Waals surface area contributed by atoms with Gasteiger partial charge in [-0.05, 0) is 24.3 Å². The lowest BCUT2D eigenvalue weighted by Gasteiger charge is -2.22. The number of hydrogen-bond acceptors (Lipinski definition) is 3. The summed E-state index contributed by atoms with van der Waals surface area (Å²) in [5.41, 5.74) is 7.58. The summed E-state index contributed by atoms with van der Waals surface area (Å²) < 4.78 is 0. The van der Waals surface area contributed by atoms with E-state index in [-0.39, 0.29) is 11.9 Å². The first-order valence-electron chi connectivity index (χ1n) is 9.02. The van der Waals surface area contributed by atoms with E-state index in [1.54, 1.807) is 0 Å². The van der Waals surface area contributed by atoms with Crippen molar-refractivity contribution in [2.75, 3.05) is 26.2 Å². The molecule has 1 aromatic rings. The minimum Gasteiger partial charge on any atom is -0.355 e. The standard InChI is InChI=1S/C19H29N3O/c20-18-13-22(12-17(18)16-9-5-2-6-10-16)14-19(23)21-11-15-7-3-1-4-8-15/h2,5-6,9-10,15,17-18H,1,3-4,7-8,11-14,20H2,(H,21,23)/t17-,18+/m0/s1.